The van der Waals surface area contributed by atoms with Crippen LogP contribution in [0.2, 0.25) is 0 Å². The number of rotatable bonds is 6. The van der Waals surface area contributed by atoms with E-state index in [-0.39, 0.29) is 5.91 Å². The average Bonchev–Trinajstić information content (AvgIpc) is 3.39. The van der Waals surface area contributed by atoms with Crippen LogP contribution >= 0.6 is 0 Å². The van der Waals surface area contributed by atoms with Gasteiger partial charge in [0, 0.05) is 34.5 Å². The highest BCUT2D eigenvalue weighted by Crippen LogP contribution is 2.18. The smallest absolute Gasteiger partial charge is 0.271 e. The molecule has 2 aromatic carbocycles. The normalized spacial score (nSPS) is 11.1. The molecule has 0 aliphatic heterocycles. The highest BCUT2D eigenvalue weighted by Gasteiger charge is 2.09. The van der Waals surface area contributed by atoms with Crippen LogP contribution in [0.5, 0.6) is 5.75 Å². The van der Waals surface area contributed by atoms with Gasteiger partial charge in [0.05, 0.1) is 19.0 Å². The molecular formula is C25H24N4O2. The number of hydrazone groups is 1. The van der Waals surface area contributed by atoms with Gasteiger partial charge in [0.2, 0.25) is 0 Å². The van der Waals surface area contributed by atoms with Crippen molar-refractivity contribution >= 4 is 12.1 Å². The second kappa shape index (κ2) is 8.75. The highest BCUT2D eigenvalue weighted by atomic mass is 16.5. The summed E-state index contributed by atoms with van der Waals surface area (Å²) in [5.74, 6) is 0.536. The third kappa shape index (κ3) is 4.28. The molecule has 2 heterocycles. The number of benzene rings is 2. The van der Waals surface area contributed by atoms with Crippen molar-refractivity contribution in [2.24, 2.45) is 5.10 Å². The standard InChI is InChI=1S/C25H24N4O2/c1-18-9-10-19(2)29(18)22-7-4-6-20(16-22)25(30)27-26-17-23-8-5-15-28(23)21-11-13-24(31-3)14-12-21/h4-17H,1-3H3,(H,27,30)/b26-17-. The van der Waals surface area contributed by atoms with E-state index < -0.39 is 0 Å². The van der Waals surface area contributed by atoms with Gasteiger partial charge >= 0.3 is 0 Å². The number of carbonyl (C=O) groups excluding carboxylic acids is 1. The van der Waals surface area contributed by atoms with E-state index >= 15 is 0 Å². The SMILES string of the molecule is COc1ccc(-n2cccc2/C=N\NC(=O)c2cccc(-n3c(C)ccc3C)c2)cc1. The van der Waals surface area contributed by atoms with Crippen molar-refractivity contribution in [3.05, 3.63) is 102 Å². The lowest BCUT2D eigenvalue weighted by molar-refractivity contribution is 0.0955. The summed E-state index contributed by atoms with van der Waals surface area (Å²) in [5.41, 5.74) is 8.18. The number of carbonyl (C=O) groups is 1. The zero-order chi connectivity index (χ0) is 21.8. The van der Waals surface area contributed by atoms with E-state index in [0.717, 1.165) is 34.2 Å². The fraction of sp³-hybridized carbons (Fsp3) is 0.120. The fourth-order valence-corrected chi connectivity index (χ4v) is 3.56. The largest absolute Gasteiger partial charge is 0.497 e. The Hall–Kier alpha value is -4.06. The molecule has 0 aliphatic carbocycles. The molecular weight excluding hydrogens is 388 g/mol. The molecule has 0 radical (unpaired) electrons. The summed E-state index contributed by atoms with van der Waals surface area (Å²) < 4.78 is 9.30. The first kappa shape index (κ1) is 20.2. The van der Waals surface area contributed by atoms with Crippen LogP contribution in [-0.2, 0) is 0 Å². The number of nitrogens with one attached hydrogen (secondary N) is 1. The second-order valence-electron chi connectivity index (χ2n) is 7.20. The Labute approximate surface area is 181 Å². The van der Waals surface area contributed by atoms with Gasteiger partial charge in [0.15, 0.2) is 0 Å². The number of nitrogens with zero attached hydrogens (tertiary/aromatic N) is 3. The van der Waals surface area contributed by atoms with Crippen molar-refractivity contribution in [3.63, 3.8) is 0 Å². The molecule has 0 bridgehead atoms. The van der Waals surface area contributed by atoms with E-state index in [1.165, 1.54) is 0 Å². The van der Waals surface area contributed by atoms with Crippen molar-refractivity contribution in [1.29, 1.82) is 0 Å². The number of amides is 1. The number of hydrogen-bond donors (Lipinski definition) is 1. The number of aromatic nitrogens is 2. The van der Waals surface area contributed by atoms with Crippen LogP contribution in [0, 0.1) is 13.8 Å². The van der Waals surface area contributed by atoms with Gasteiger partial charge in [0.1, 0.15) is 5.75 Å². The van der Waals surface area contributed by atoms with Gasteiger partial charge in [-0.3, -0.25) is 4.79 Å². The van der Waals surface area contributed by atoms with Crippen LogP contribution in [-0.4, -0.2) is 28.4 Å². The molecule has 4 rings (SSSR count). The van der Waals surface area contributed by atoms with Gasteiger partial charge in [0.25, 0.3) is 5.91 Å². The molecule has 0 saturated carbocycles. The molecule has 0 saturated heterocycles. The maximum atomic E-state index is 12.6. The minimum Gasteiger partial charge on any atom is -0.497 e. The summed E-state index contributed by atoms with van der Waals surface area (Å²) in [7, 11) is 1.64. The van der Waals surface area contributed by atoms with Crippen LogP contribution in [0.15, 0.2) is 84.1 Å². The maximum Gasteiger partial charge on any atom is 0.271 e. The molecule has 0 spiro atoms. The van der Waals surface area contributed by atoms with Gasteiger partial charge in [-0.15, -0.1) is 0 Å². The Morgan fingerprint density at radius 2 is 1.68 bits per heavy atom. The number of methoxy groups -OCH3 is 1. The average molecular weight is 412 g/mol. The Morgan fingerprint density at radius 1 is 0.935 bits per heavy atom. The molecule has 1 N–H and O–H groups in total. The molecule has 1 amide bonds. The third-order valence-electron chi connectivity index (χ3n) is 5.13. The molecule has 6 heteroatoms. The summed E-state index contributed by atoms with van der Waals surface area (Å²) >= 11 is 0. The monoisotopic (exact) mass is 412 g/mol. The maximum absolute atomic E-state index is 12.6. The lowest BCUT2D eigenvalue weighted by Gasteiger charge is -2.10. The van der Waals surface area contributed by atoms with Crippen molar-refractivity contribution < 1.29 is 9.53 Å². The number of ether oxygens (including phenoxy) is 1. The summed E-state index contributed by atoms with van der Waals surface area (Å²) in [6, 6.07) is 23.2. The Balaban J connectivity index is 1.49. The molecule has 31 heavy (non-hydrogen) atoms. The zero-order valence-corrected chi connectivity index (χ0v) is 17.7. The van der Waals surface area contributed by atoms with E-state index in [4.69, 9.17) is 4.74 Å². The Kier molecular flexibility index (Phi) is 5.71. The lowest BCUT2D eigenvalue weighted by atomic mass is 10.2. The van der Waals surface area contributed by atoms with Gasteiger partial charge in [-0.05, 0) is 80.6 Å². The van der Waals surface area contributed by atoms with Gasteiger partial charge < -0.3 is 13.9 Å². The third-order valence-corrected chi connectivity index (χ3v) is 5.13. The summed E-state index contributed by atoms with van der Waals surface area (Å²) in [6.07, 6.45) is 3.57. The predicted molar refractivity (Wildman–Crippen MR) is 123 cm³/mol. The van der Waals surface area contributed by atoms with Gasteiger partial charge in [-0.25, -0.2) is 5.43 Å². The van der Waals surface area contributed by atoms with Crippen molar-refractivity contribution in [3.8, 4) is 17.1 Å². The molecule has 0 fully saturated rings. The lowest BCUT2D eigenvalue weighted by Crippen LogP contribution is -2.18. The van der Waals surface area contributed by atoms with E-state index in [0.29, 0.717) is 5.56 Å². The molecule has 156 valence electrons. The first-order chi connectivity index (χ1) is 15.1. The van der Waals surface area contributed by atoms with E-state index in [1.54, 1.807) is 19.4 Å². The van der Waals surface area contributed by atoms with Crippen molar-refractivity contribution in [2.45, 2.75) is 13.8 Å². The topological polar surface area (TPSA) is 60.5 Å². The molecule has 4 aromatic rings. The molecule has 6 nitrogen and oxygen atoms in total. The quantitative estimate of drug-likeness (QED) is 0.370. The second-order valence-corrected chi connectivity index (χ2v) is 7.20. The summed E-state index contributed by atoms with van der Waals surface area (Å²) in [6.45, 7) is 4.09. The van der Waals surface area contributed by atoms with Crippen LogP contribution in [0.1, 0.15) is 27.4 Å². The van der Waals surface area contributed by atoms with Crippen LogP contribution in [0.25, 0.3) is 11.4 Å². The van der Waals surface area contributed by atoms with Crippen molar-refractivity contribution in [1.82, 2.24) is 14.6 Å². The van der Waals surface area contributed by atoms with E-state index in [1.807, 2.05) is 79.2 Å². The minimum absolute atomic E-state index is 0.261. The van der Waals surface area contributed by atoms with Gasteiger partial charge in [-0.1, -0.05) is 6.07 Å². The summed E-state index contributed by atoms with van der Waals surface area (Å²) in [5, 5.41) is 4.16. The Morgan fingerprint density at radius 3 is 2.39 bits per heavy atom. The van der Waals surface area contributed by atoms with E-state index in [2.05, 4.69) is 27.2 Å². The van der Waals surface area contributed by atoms with Crippen LogP contribution in [0.4, 0.5) is 0 Å². The number of aryl methyl sites for hydroxylation is 2. The molecule has 0 aliphatic rings. The first-order valence-corrected chi connectivity index (χ1v) is 9.97. The minimum atomic E-state index is -0.261. The molecule has 2 aromatic heterocycles. The predicted octanol–water partition coefficient (Wildman–Crippen LogP) is 4.66. The van der Waals surface area contributed by atoms with Crippen molar-refractivity contribution in [2.75, 3.05) is 7.11 Å². The fourth-order valence-electron chi connectivity index (χ4n) is 3.56. The van der Waals surface area contributed by atoms with Crippen LogP contribution < -0.4 is 10.2 Å². The summed E-state index contributed by atoms with van der Waals surface area (Å²) in [4.78, 5) is 12.6. The molecule has 0 atom stereocenters. The highest BCUT2D eigenvalue weighted by molar-refractivity contribution is 5.95. The molecule has 0 unspecified atom stereocenters. The van der Waals surface area contributed by atoms with Crippen LogP contribution in [0.3, 0.4) is 0 Å². The Bertz CT molecular complexity index is 1210. The first-order valence-electron chi connectivity index (χ1n) is 9.97. The number of hydrogen-bond acceptors (Lipinski definition) is 3. The van der Waals surface area contributed by atoms with E-state index in [9.17, 15) is 4.79 Å². The zero-order valence-electron chi connectivity index (χ0n) is 17.7. The van der Waals surface area contributed by atoms with Gasteiger partial charge in [-0.2, -0.15) is 5.10 Å².